The van der Waals surface area contributed by atoms with Gasteiger partial charge in [-0.25, -0.2) is 0 Å². The highest BCUT2D eigenvalue weighted by Crippen LogP contribution is 2.22. The van der Waals surface area contributed by atoms with Crippen molar-refractivity contribution in [3.8, 4) is 0 Å². The number of carbonyl (C=O) groups excluding carboxylic acids is 2. The predicted octanol–water partition coefficient (Wildman–Crippen LogP) is 4.71. The predicted molar refractivity (Wildman–Crippen MR) is 128 cm³/mol. The summed E-state index contributed by atoms with van der Waals surface area (Å²) in [7, 11) is 0. The van der Waals surface area contributed by atoms with Crippen molar-refractivity contribution in [3.05, 3.63) is 0 Å². The van der Waals surface area contributed by atoms with Gasteiger partial charge in [-0.3, -0.25) is 9.59 Å². The molecule has 0 bridgehead atoms. The molecule has 2 N–H and O–H groups in total. The molecule has 6 heteroatoms. The van der Waals surface area contributed by atoms with Crippen LogP contribution in [0.1, 0.15) is 93.4 Å². The minimum absolute atomic E-state index is 0.0422. The molecule has 0 aliphatic rings. The van der Waals surface area contributed by atoms with E-state index in [1.165, 1.54) is 0 Å². The van der Waals surface area contributed by atoms with Crippen molar-refractivity contribution in [2.45, 2.75) is 99.5 Å². The van der Waals surface area contributed by atoms with E-state index in [1.807, 2.05) is 0 Å². The average molecular weight is 443 g/mol. The van der Waals surface area contributed by atoms with Crippen LogP contribution in [0.15, 0.2) is 0 Å². The molecule has 0 radical (unpaired) electrons. The first-order valence-electron chi connectivity index (χ1n) is 12.2. The zero-order valence-corrected chi connectivity index (χ0v) is 21.4. The van der Waals surface area contributed by atoms with Crippen molar-refractivity contribution in [1.82, 2.24) is 10.6 Å². The highest BCUT2D eigenvalue weighted by atomic mass is 16.5. The maximum atomic E-state index is 12.6. The molecule has 2 amide bonds. The highest BCUT2D eigenvalue weighted by molar-refractivity contribution is 5.87. The fourth-order valence-corrected chi connectivity index (χ4v) is 2.97. The van der Waals surface area contributed by atoms with E-state index in [4.69, 9.17) is 9.47 Å². The fraction of sp³-hybridized carbons (Fsp3) is 0.920. The van der Waals surface area contributed by atoms with Crippen molar-refractivity contribution < 1.29 is 19.1 Å². The molecule has 1 atom stereocenters. The van der Waals surface area contributed by atoms with Crippen LogP contribution in [-0.2, 0) is 19.1 Å². The van der Waals surface area contributed by atoms with Crippen LogP contribution in [0.2, 0.25) is 0 Å². The minimum Gasteiger partial charge on any atom is -0.379 e. The molecule has 0 aromatic heterocycles. The van der Waals surface area contributed by atoms with Gasteiger partial charge < -0.3 is 20.1 Å². The Kier molecular flexibility index (Phi) is 16.8. The van der Waals surface area contributed by atoms with Crippen molar-refractivity contribution in [2.75, 3.05) is 33.0 Å². The molecule has 0 aliphatic carbocycles. The van der Waals surface area contributed by atoms with Gasteiger partial charge in [-0.15, -0.1) is 0 Å². The highest BCUT2D eigenvalue weighted by Gasteiger charge is 2.20. The van der Waals surface area contributed by atoms with Gasteiger partial charge in [-0.2, -0.15) is 0 Å². The monoisotopic (exact) mass is 442 g/mol. The topological polar surface area (TPSA) is 76.7 Å². The Balaban J connectivity index is 4.24. The lowest BCUT2D eigenvalue weighted by atomic mass is 9.89. The third-order valence-electron chi connectivity index (χ3n) is 5.03. The Morgan fingerprint density at radius 2 is 1.42 bits per heavy atom. The maximum Gasteiger partial charge on any atom is 0.242 e. The Bertz CT molecular complexity index is 473. The van der Waals surface area contributed by atoms with Crippen LogP contribution in [0.4, 0.5) is 0 Å². The van der Waals surface area contributed by atoms with Gasteiger partial charge in [0.15, 0.2) is 0 Å². The van der Waals surface area contributed by atoms with Gasteiger partial charge >= 0.3 is 0 Å². The molecule has 0 unspecified atom stereocenters. The quantitative estimate of drug-likeness (QED) is 0.301. The largest absolute Gasteiger partial charge is 0.379 e. The van der Waals surface area contributed by atoms with Gasteiger partial charge in [0.25, 0.3) is 0 Å². The van der Waals surface area contributed by atoms with Crippen molar-refractivity contribution in [1.29, 1.82) is 0 Å². The van der Waals surface area contributed by atoms with Crippen LogP contribution in [0.3, 0.4) is 0 Å². The molecule has 0 heterocycles. The lowest BCUT2D eigenvalue weighted by Gasteiger charge is -2.21. The van der Waals surface area contributed by atoms with E-state index in [9.17, 15) is 9.59 Å². The number of nitrogens with one attached hydrogen (secondary N) is 2. The van der Waals surface area contributed by atoms with Crippen LogP contribution in [0.5, 0.6) is 0 Å². The molecule has 6 nitrogen and oxygen atoms in total. The number of rotatable bonds is 18. The first-order chi connectivity index (χ1) is 14.5. The molecule has 0 saturated carbocycles. The van der Waals surface area contributed by atoms with E-state index in [2.05, 4.69) is 59.1 Å². The zero-order valence-electron chi connectivity index (χ0n) is 21.4. The van der Waals surface area contributed by atoms with Gasteiger partial charge in [0.2, 0.25) is 11.8 Å². The number of amides is 2. The van der Waals surface area contributed by atoms with Crippen molar-refractivity contribution >= 4 is 11.8 Å². The Morgan fingerprint density at radius 3 is 2.00 bits per heavy atom. The molecule has 0 spiro atoms. The molecular formula is C25H50N2O4. The Labute approximate surface area is 191 Å². The van der Waals surface area contributed by atoms with Gasteiger partial charge in [-0.1, -0.05) is 61.3 Å². The van der Waals surface area contributed by atoms with E-state index in [0.29, 0.717) is 51.0 Å². The average Bonchev–Trinajstić information content (AvgIpc) is 2.66. The summed E-state index contributed by atoms with van der Waals surface area (Å²) in [6.07, 6.45) is 6.09. The minimum atomic E-state index is -0.473. The third-order valence-corrected chi connectivity index (χ3v) is 5.03. The summed E-state index contributed by atoms with van der Waals surface area (Å²) >= 11 is 0. The zero-order chi connectivity index (χ0) is 23.7. The summed E-state index contributed by atoms with van der Waals surface area (Å²) in [6, 6.07) is -0.473. The normalized spacial score (nSPS) is 12.9. The number of hydrogen-bond acceptors (Lipinski definition) is 4. The first kappa shape index (κ1) is 29.9. The Hall–Kier alpha value is -1.14. The van der Waals surface area contributed by atoms with E-state index in [-0.39, 0.29) is 17.2 Å². The SMILES string of the molecule is CC(C)CCOCCOCCNC(=O)[C@H](CCCCC(C)(C)C)NC(=O)CCC(C)C. The van der Waals surface area contributed by atoms with Crippen LogP contribution in [-0.4, -0.2) is 50.8 Å². The summed E-state index contributed by atoms with van der Waals surface area (Å²) in [5.74, 6) is 0.949. The third kappa shape index (κ3) is 20.5. The molecule has 0 aromatic carbocycles. The second-order valence-corrected chi connectivity index (χ2v) is 10.6. The lowest BCUT2D eigenvalue weighted by molar-refractivity contribution is -0.129. The van der Waals surface area contributed by atoms with Gasteiger partial charge in [0.05, 0.1) is 19.8 Å². The molecule has 184 valence electrons. The van der Waals surface area contributed by atoms with E-state index >= 15 is 0 Å². The first-order valence-corrected chi connectivity index (χ1v) is 12.2. The van der Waals surface area contributed by atoms with E-state index < -0.39 is 6.04 Å². The standard InChI is InChI=1S/C25H50N2O4/c1-20(2)11-12-23(28)27-22(10-8-9-14-25(5,6)7)24(29)26-15-17-31-19-18-30-16-13-21(3)4/h20-22H,8-19H2,1-7H3,(H,26,29)(H,27,28)/t22-/m0/s1. The van der Waals surface area contributed by atoms with E-state index in [0.717, 1.165) is 38.7 Å². The Morgan fingerprint density at radius 1 is 0.806 bits per heavy atom. The molecule has 31 heavy (non-hydrogen) atoms. The van der Waals surface area contributed by atoms with Crippen LogP contribution < -0.4 is 10.6 Å². The smallest absolute Gasteiger partial charge is 0.242 e. The second kappa shape index (κ2) is 17.4. The van der Waals surface area contributed by atoms with Gasteiger partial charge in [0, 0.05) is 19.6 Å². The van der Waals surface area contributed by atoms with Crippen LogP contribution in [0, 0.1) is 17.3 Å². The summed E-state index contributed by atoms with van der Waals surface area (Å²) in [5.41, 5.74) is 0.286. The second-order valence-electron chi connectivity index (χ2n) is 10.6. The summed E-state index contributed by atoms with van der Waals surface area (Å²) in [6.45, 7) is 17.9. The number of hydrogen-bond donors (Lipinski definition) is 2. The van der Waals surface area contributed by atoms with Crippen molar-refractivity contribution in [3.63, 3.8) is 0 Å². The molecule has 0 rings (SSSR count). The lowest BCUT2D eigenvalue weighted by Crippen LogP contribution is -2.47. The summed E-state index contributed by atoms with van der Waals surface area (Å²) < 4.78 is 11.0. The van der Waals surface area contributed by atoms with Crippen LogP contribution in [0.25, 0.3) is 0 Å². The fourth-order valence-electron chi connectivity index (χ4n) is 2.97. The molecule has 0 aromatic rings. The number of carbonyl (C=O) groups is 2. The van der Waals surface area contributed by atoms with Crippen LogP contribution >= 0.6 is 0 Å². The number of unbranched alkanes of at least 4 members (excludes halogenated alkanes) is 1. The molecule has 0 fully saturated rings. The summed E-state index contributed by atoms with van der Waals surface area (Å²) in [5, 5.41) is 5.85. The van der Waals surface area contributed by atoms with E-state index in [1.54, 1.807) is 0 Å². The van der Waals surface area contributed by atoms with Gasteiger partial charge in [0.1, 0.15) is 6.04 Å². The molecular weight excluding hydrogens is 392 g/mol. The van der Waals surface area contributed by atoms with Crippen molar-refractivity contribution in [2.24, 2.45) is 17.3 Å². The van der Waals surface area contributed by atoms with Gasteiger partial charge in [-0.05, 0) is 42.9 Å². The summed E-state index contributed by atoms with van der Waals surface area (Å²) in [4.78, 5) is 24.9. The number of ether oxygens (including phenoxy) is 2. The molecule has 0 aliphatic heterocycles. The maximum absolute atomic E-state index is 12.6. The molecule has 0 saturated heterocycles.